The van der Waals surface area contributed by atoms with Crippen LogP contribution in [-0.2, 0) is 26.5 Å². The summed E-state index contributed by atoms with van der Waals surface area (Å²) < 4.78 is 80.6. The van der Waals surface area contributed by atoms with Crippen LogP contribution in [0.5, 0.6) is 0 Å². The Hall–Kier alpha value is -4.89. The minimum absolute atomic E-state index is 0. The number of fused-ring (bicyclic) bond motifs is 5. The standard InChI is InChI=1S/C30H28NO.C23H24N.Ir/c1-19-18-31-27(17-26(19)21-13-15-30(2,3)16-14-21)25-10-6-9-23-24-12-11-20-7-4-5-8-22(20)28(24)32-29(23)25;1-17-10-12-20(14-21(17)19-8-6-5-7-9-19)22-13-11-18(16-24-22)15-23(2,3)4;/h4-9,11-12,17-18,21H,13-16H2,1-3H3;5-11,13-14,16H,15H2,1-4H3;/q2*-1;/i1D3,21D;1D3,15D2;. The molecule has 0 amide bonds. The summed E-state index contributed by atoms with van der Waals surface area (Å²) in [5.74, 6) is -0.963. The number of rotatable bonds is 5. The van der Waals surface area contributed by atoms with Crippen LogP contribution in [0, 0.1) is 36.7 Å². The first-order valence-electron chi connectivity index (χ1n) is 23.8. The van der Waals surface area contributed by atoms with Crippen LogP contribution in [0.1, 0.15) is 101 Å². The van der Waals surface area contributed by atoms with E-state index in [1.165, 1.54) is 12.3 Å². The van der Waals surface area contributed by atoms with Crippen molar-refractivity contribution >= 4 is 32.7 Å². The normalized spacial score (nSPS) is 17.9. The Bertz CT molecular complexity index is 3010. The van der Waals surface area contributed by atoms with E-state index in [0.29, 0.717) is 57.6 Å². The number of furan rings is 1. The van der Waals surface area contributed by atoms with Crippen LogP contribution in [0.2, 0.25) is 0 Å². The van der Waals surface area contributed by atoms with Gasteiger partial charge in [0.2, 0.25) is 0 Å². The van der Waals surface area contributed by atoms with Crippen molar-refractivity contribution in [2.75, 3.05) is 0 Å². The molecular weight excluding hydrogens is 873 g/mol. The topological polar surface area (TPSA) is 38.9 Å². The molecule has 0 N–H and O–H groups in total. The van der Waals surface area contributed by atoms with Crippen molar-refractivity contribution in [3.05, 3.63) is 156 Å². The van der Waals surface area contributed by atoms with Gasteiger partial charge >= 0.3 is 0 Å². The van der Waals surface area contributed by atoms with Gasteiger partial charge in [-0.1, -0.05) is 143 Å². The average molecular weight is 934 g/mol. The van der Waals surface area contributed by atoms with Gasteiger partial charge in [0.25, 0.3) is 0 Å². The molecule has 1 aliphatic carbocycles. The number of aryl methyl sites for hydroxylation is 2. The van der Waals surface area contributed by atoms with E-state index in [9.17, 15) is 1.37 Å². The van der Waals surface area contributed by atoms with E-state index in [-0.39, 0.29) is 36.6 Å². The van der Waals surface area contributed by atoms with Gasteiger partial charge in [-0.05, 0) is 94.7 Å². The Morgan fingerprint density at radius 2 is 1.53 bits per heavy atom. The summed E-state index contributed by atoms with van der Waals surface area (Å²) in [7, 11) is 0. The van der Waals surface area contributed by atoms with E-state index in [1.807, 2.05) is 81.4 Å². The third kappa shape index (κ3) is 8.84. The predicted octanol–water partition coefficient (Wildman–Crippen LogP) is 14.7. The third-order valence-electron chi connectivity index (χ3n) is 10.7. The minimum atomic E-state index is -2.34. The number of nitrogens with zero attached hydrogens (tertiary/aromatic N) is 2. The van der Waals surface area contributed by atoms with Gasteiger partial charge < -0.3 is 14.4 Å². The Labute approximate surface area is 365 Å². The van der Waals surface area contributed by atoms with Crippen molar-refractivity contribution < 1.29 is 36.9 Å². The van der Waals surface area contributed by atoms with Gasteiger partial charge in [0, 0.05) is 55.6 Å². The van der Waals surface area contributed by atoms with E-state index in [1.54, 1.807) is 24.4 Å². The fourth-order valence-corrected chi connectivity index (χ4v) is 7.60. The van der Waals surface area contributed by atoms with Gasteiger partial charge in [-0.3, -0.25) is 0 Å². The Morgan fingerprint density at radius 1 is 0.789 bits per heavy atom. The van der Waals surface area contributed by atoms with Crippen molar-refractivity contribution in [2.24, 2.45) is 10.8 Å². The Kier molecular flexibility index (Phi) is 8.77. The molecule has 3 nitrogen and oxygen atoms in total. The van der Waals surface area contributed by atoms with Gasteiger partial charge in [0.05, 0.1) is 5.58 Å². The fourth-order valence-electron chi connectivity index (χ4n) is 7.60. The minimum Gasteiger partial charge on any atom is -0.500 e. The molecule has 57 heavy (non-hydrogen) atoms. The van der Waals surface area contributed by atoms with Gasteiger partial charge in [0.1, 0.15) is 5.58 Å². The number of benzene rings is 5. The quantitative estimate of drug-likeness (QED) is 0.161. The molecule has 1 fully saturated rings. The van der Waals surface area contributed by atoms with Crippen LogP contribution in [0.4, 0.5) is 0 Å². The van der Waals surface area contributed by atoms with Crippen molar-refractivity contribution in [1.29, 1.82) is 0 Å². The molecular formula is C53H52IrN2O-2. The molecule has 4 heteroatoms. The summed E-state index contributed by atoms with van der Waals surface area (Å²) in [6.45, 7) is 5.42. The SMILES string of the molecule is [2H]C([2H])([2H])c1c[c-]c(-c2ccc(C([2H])([2H])C(C)(C)C)cn2)cc1-c1ccccc1.[2H]C([2H])([2H])c1cnc(-c2[c-]ccc3c2oc2c4ccccc4ccc32)cc1C1([2H])CCC(C)(C)CC1.[Ir]. The molecule has 0 aliphatic heterocycles. The molecule has 0 spiro atoms. The molecule has 0 bridgehead atoms. The molecule has 291 valence electrons. The van der Waals surface area contributed by atoms with E-state index >= 15 is 0 Å². The first-order chi connectivity index (χ1) is 30.5. The van der Waals surface area contributed by atoms with Crippen LogP contribution in [0.15, 0.2) is 126 Å². The van der Waals surface area contributed by atoms with Gasteiger partial charge in [-0.15, -0.1) is 47.5 Å². The largest absolute Gasteiger partial charge is 0.500 e. The zero-order valence-electron chi connectivity index (χ0n) is 42.0. The van der Waals surface area contributed by atoms with Gasteiger partial charge in [-0.25, -0.2) is 0 Å². The van der Waals surface area contributed by atoms with Crippen molar-refractivity contribution in [2.45, 2.75) is 86.3 Å². The van der Waals surface area contributed by atoms with Gasteiger partial charge in [0.15, 0.2) is 0 Å². The summed E-state index contributed by atoms with van der Waals surface area (Å²) >= 11 is 0. The van der Waals surface area contributed by atoms with Crippen molar-refractivity contribution in [3.63, 3.8) is 0 Å². The molecule has 1 aliphatic rings. The van der Waals surface area contributed by atoms with E-state index in [2.05, 4.69) is 60.2 Å². The summed E-state index contributed by atoms with van der Waals surface area (Å²) in [4.78, 5) is 9.02. The fraction of sp³-hybridized carbons (Fsp3) is 0.283. The molecule has 0 atom stereocenters. The predicted molar refractivity (Wildman–Crippen MR) is 235 cm³/mol. The maximum Gasteiger partial charge on any atom is 0.128 e. The summed E-state index contributed by atoms with van der Waals surface area (Å²) in [6, 6.07) is 40.5. The second-order valence-corrected chi connectivity index (χ2v) is 16.6. The molecule has 5 aromatic carbocycles. The molecule has 3 aromatic heterocycles. The summed E-state index contributed by atoms with van der Waals surface area (Å²) in [6.07, 6.45) is 4.48. The second kappa shape index (κ2) is 16.5. The molecule has 3 heterocycles. The number of hydrogen-bond donors (Lipinski definition) is 0. The number of pyridine rings is 2. The second-order valence-electron chi connectivity index (χ2n) is 16.6. The molecule has 1 radical (unpaired) electrons. The maximum atomic E-state index is 9.35. The zero-order valence-corrected chi connectivity index (χ0v) is 35.4. The Morgan fingerprint density at radius 3 is 2.26 bits per heavy atom. The average Bonchev–Trinajstić information content (AvgIpc) is 3.66. The first-order valence-corrected chi connectivity index (χ1v) is 19.3. The smallest absolute Gasteiger partial charge is 0.128 e. The van der Waals surface area contributed by atoms with E-state index in [4.69, 9.17) is 15.4 Å². The molecule has 0 saturated heterocycles. The van der Waals surface area contributed by atoms with Crippen LogP contribution in [-0.4, -0.2) is 9.97 Å². The van der Waals surface area contributed by atoms with E-state index in [0.717, 1.165) is 45.5 Å². The van der Waals surface area contributed by atoms with Crippen LogP contribution in [0.3, 0.4) is 0 Å². The number of aromatic nitrogens is 2. The van der Waals surface area contributed by atoms with E-state index < -0.39 is 31.4 Å². The van der Waals surface area contributed by atoms with Crippen molar-refractivity contribution in [3.8, 4) is 33.6 Å². The third-order valence-corrected chi connectivity index (χ3v) is 10.7. The van der Waals surface area contributed by atoms with Gasteiger partial charge in [-0.2, -0.15) is 0 Å². The molecule has 8 aromatic rings. The van der Waals surface area contributed by atoms with Crippen LogP contribution < -0.4 is 0 Å². The maximum absolute atomic E-state index is 9.35. The first kappa shape index (κ1) is 30.2. The monoisotopic (exact) mass is 934 g/mol. The zero-order chi connectivity index (χ0) is 46.7. The van der Waals surface area contributed by atoms with Crippen molar-refractivity contribution in [1.82, 2.24) is 9.97 Å². The number of hydrogen-bond acceptors (Lipinski definition) is 3. The molecule has 9 rings (SSSR count). The molecule has 0 unspecified atom stereocenters. The van der Waals surface area contributed by atoms with Crippen LogP contribution >= 0.6 is 0 Å². The summed E-state index contributed by atoms with van der Waals surface area (Å²) in [5.41, 5.74) is 6.55. The summed E-state index contributed by atoms with van der Waals surface area (Å²) in [5, 5.41) is 4.13. The molecule has 1 saturated carbocycles. The van der Waals surface area contributed by atoms with Crippen LogP contribution in [0.25, 0.3) is 66.4 Å². The Balaban J connectivity index is 0.000000198.